The third-order valence-electron chi connectivity index (χ3n) is 4.90. The van der Waals surface area contributed by atoms with Gasteiger partial charge in [-0.2, -0.15) is 4.31 Å². The van der Waals surface area contributed by atoms with Gasteiger partial charge in [-0.25, -0.2) is 13.4 Å². The first-order valence-corrected chi connectivity index (χ1v) is 12.7. The Kier molecular flexibility index (Phi) is 6.47. The van der Waals surface area contributed by atoms with E-state index in [1.165, 1.54) is 11.3 Å². The van der Waals surface area contributed by atoms with Crippen molar-refractivity contribution < 1.29 is 13.2 Å². The highest BCUT2D eigenvalue weighted by molar-refractivity contribution is 7.91. The summed E-state index contributed by atoms with van der Waals surface area (Å²) in [4.78, 5) is 17.2. The summed E-state index contributed by atoms with van der Waals surface area (Å²) in [5.74, 6) is -0.178. The van der Waals surface area contributed by atoms with Crippen molar-refractivity contribution in [3.05, 3.63) is 64.5 Å². The molecule has 1 saturated heterocycles. The van der Waals surface area contributed by atoms with Crippen LogP contribution in [0, 0.1) is 0 Å². The molecule has 7 nitrogen and oxygen atoms in total. The van der Waals surface area contributed by atoms with Crippen LogP contribution in [0.25, 0.3) is 0 Å². The minimum Gasteiger partial charge on any atom is -0.359 e. The van der Waals surface area contributed by atoms with Crippen molar-refractivity contribution in [3.8, 4) is 0 Å². The molecule has 2 N–H and O–H groups in total. The number of amides is 1. The van der Waals surface area contributed by atoms with E-state index in [0.29, 0.717) is 29.4 Å². The van der Waals surface area contributed by atoms with Crippen LogP contribution in [0.5, 0.6) is 0 Å². The van der Waals surface area contributed by atoms with Crippen LogP contribution < -0.4 is 10.6 Å². The van der Waals surface area contributed by atoms with Crippen molar-refractivity contribution >= 4 is 43.7 Å². The van der Waals surface area contributed by atoms with Gasteiger partial charge in [0.2, 0.25) is 0 Å². The summed E-state index contributed by atoms with van der Waals surface area (Å²) in [5, 5.41) is 8.99. The number of benzene rings is 1. The molecule has 0 spiro atoms. The normalized spacial score (nSPS) is 15.7. The van der Waals surface area contributed by atoms with E-state index in [9.17, 15) is 13.2 Å². The maximum absolute atomic E-state index is 13.0. The van der Waals surface area contributed by atoms with Crippen LogP contribution >= 0.6 is 22.7 Å². The Morgan fingerprint density at radius 1 is 1.13 bits per heavy atom. The van der Waals surface area contributed by atoms with Gasteiger partial charge < -0.3 is 10.6 Å². The lowest BCUT2D eigenvalue weighted by atomic mass is 10.1. The molecular formula is C20H22N4O3S3. The van der Waals surface area contributed by atoms with E-state index in [4.69, 9.17) is 0 Å². The van der Waals surface area contributed by atoms with Crippen molar-refractivity contribution in [2.75, 3.05) is 18.4 Å². The first-order valence-electron chi connectivity index (χ1n) is 9.60. The summed E-state index contributed by atoms with van der Waals surface area (Å²) in [6.45, 7) is 1.25. The summed E-state index contributed by atoms with van der Waals surface area (Å²) >= 11 is 2.75. The number of anilines is 1. The predicted octanol–water partition coefficient (Wildman–Crippen LogP) is 3.40. The van der Waals surface area contributed by atoms with Crippen molar-refractivity contribution in [1.29, 1.82) is 0 Å². The van der Waals surface area contributed by atoms with E-state index in [1.807, 2.05) is 11.4 Å². The number of carbonyl (C=O) groups excluding carboxylic acids is 1. The molecule has 1 aliphatic rings. The second kappa shape index (κ2) is 9.25. The van der Waals surface area contributed by atoms with Crippen molar-refractivity contribution in [2.24, 2.45) is 0 Å². The minimum absolute atomic E-state index is 0.178. The topological polar surface area (TPSA) is 91.4 Å². The fourth-order valence-electron chi connectivity index (χ4n) is 3.29. The second-order valence-corrected chi connectivity index (χ2v) is 11.2. The van der Waals surface area contributed by atoms with Gasteiger partial charge in [0.25, 0.3) is 15.9 Å². The van der Waals surface area contributed by atoms with Crippen LogP contribution in [0.1, 0.15) is 28.1 Å². The Morgan fingerprint density at radius 2 is 1.90 bits per heavy atom. The van der Waals surface area contributed by atoms with Gasteiger partial charge in [0, 0.05) is 41.1 Å². The van der Waals surface area contributed by atoms with E-state index < -0.39 is 10.0 Å². The highest BCUT2D eigenvalue weighted by Crippen LogP contribution is 2.28. The average molecular weight is 463 g/mol. The Bertz CT molecular complexity index is 1070. The molecule has 1 aliphatic heterocycles. The number of hydrogen-bond acceptors (Lipinski definition) is 7. The molecule has 0 radical (unpaired) electrons. The number of aromatic nitrogens is 1. The molecule has 0 atom stereocenters. The molecule has 3 aromatic rings. The van der Waals surface area contributed by atoms with Gasteiger partial charge in [0.1, 0.15) is 4.21 Å². The Balaban J connectivity index is 1.32. The van der Waals surface area contributed by atoms with Gasteiger partial charge in [-0.15, -0.1) is 22.7 Å². The second-order valence-electron chi connectivity index (χ2n) is 6.93. The van der Waals surface area contributed by atoms with Crippen molar-refractivity contribution in [3.63, 3.8) is 0 Å². The number of hydrogen-bond donors (Lipinski definition) is 2. The Labute approximate surface area is 183 Å². The number of nitrogens with one attached hydrogen (secondary N) is 2. The molecule has 158 valence electrons. The number of thiazole rings is 1. The molecule has 1 amide bonds. The van der Waals surface area contributed by atoms with Crippen LogP contribution in [-0.2, 0) is 16.6 Å². The fourth-order valence-corrected chi connectivity index (χ4v) is 6.81. The number of rotatable bonds is 7. The van der Waals surface area contributed by atoms with E-state index in [1.54, 1.807) is 58.2 Å². The fraction of sp³-hybridized carbons (Fsp3) is 0.300. The molecule has 4 rings (SSSR count). The Morgan fingerprint density at radius 3 is 2.60 bits per heavy atom. The minimum atomic E-state index is -3.52. The molecule has 0 unspecified atom stereocenters. The molecule has 1 aromatic carbocycles. The van der Waals surface area contributed by atoms with Crippen molar-refractivity contribution in [2.45, 2.75) is 29.6 Å². The van der Waals surface area contributed by atoms with Gasteiger partial charge in [-0.1, -0.05) is 18.2 Å². The van der Waals surface area contributed by atoms with E-state index in [0.717, 1.165) is 22.9 Å². The third-order valence-corrected chi connectivity index (χ3v) is 9.06. The smallest absolute Gasteiger partial charge is 0.252 e. The first kappa shape index (κ1) is 21.0. The van der Waals surface area contributed by atoms with Gasteiger partial charge in [-0.3, -0.25) is 4.79 Å². The summed E-state index contributed by atoms with van der Waals surface area (Å²) in [7, 11) is -3.52. The van der Waals surface area contributed by atoms with Crippen LogP contribution in [-0.4, -0.2) is 42.7 Å². The Hall–Kier alpha value is -2.27. The van der Waals surface area contributed by atoms with Gasteiger partial charge in [0.15, 0.2) is 5.13 Å². The zero-order valence-electron chi connectivity index (χ0n) is 16.2. The van der Waals surface area contributed by atoms with E-state index >= 15 is 0 Å². The molecule has 1 fully saturated rings. The molecule has 2 aromatic heterocycles. The quantitative estimate of drug-likeness (QED) is 0.562. The number of thiophene rings is 1. The lowest BCUT2D eigenvalue weighted by Crippen LogP contribution is -2.42. The highest BCUT2D eigenvalue weighted by atomic mass is 32.2. The van der Waals surface area contributed by atoms with Crippen molar-refractivity contribution in [1.82, 2.24) is 14.6 Å². The summed E-state index contributed by atoms with van der Waals surface area (Å²) < 4.78 is 27.9. The number of sulfonamides is 1. The average Bonchev–Trinajstić information content (AvgIpc) is 3.45. The molecular weight excluding hydrogens is 440 g/mol. The van der Waals surface area contributed by atoms with E-state index in [2.05, 4.69) is 15.6 Å². The molecule has 30 heavy (non-hydrogen) atoms. The lowest BCUT2D eigenvalue weighted by molar-refractivity contribution is 0.0951. The first-order chi connectivity index (χ1) is 14.5. The third kappa shape index (κ3) is 4.89. The molecule has 3 heterocycles. The van der Waals surface area contributed by atoms with E-state index in [-0.39, 0.29) is 11.9 Å². The monoisotopic (exact) mass is 462 g/mol. The lowest BCUT2D eigenvalue weighted by Gasteiger charge is -2.31. The van der Waals surface area contributed by atoms with Crippen LogP contribution in [0.2, 0.25) is 0 Å². The van der Waals surface area contributed by atoms with Crippen LogP contribution in [0.4, 0.5) is 5.13 Å². The maximum atomic E-state index is 13.0. The summed E-state index contributed by atoms with van der Waals surface area (Å²) in [5.41, 5.74) is 0.580. The SMILES string of the molecule is O=C(NCc1ccc(S(=O)(=O)N2CCC(Nc3nccs3)CC2)s1)c1ccccc1. The molecule has 0 aliphatic carbocycles. The molecule has 0 saturated carbocycles. The molecule has 0 bridgehead atoms. The zero-order valence-corrected chi connectivity index (χ0v) is 18.6. The number of carbonyl (C=O) groups is 1. The largest absolute Gasteiger partial charge is 0.359 e. The number of nitrogens with zero attached hydrogens (tertiary/aromatic N) is 2. The zero-order chi connectivity index (χ0) is 21.0. The summed E-state index contributed by atoms with van der Waals surface area (Å²) in [6.07, 6.45) is 3.23. The van der Waals surface area contributed by atoms with Gasteiger partial charge in [0.05, 0.1) is 6.54 Å². The number of piperidine rings is 1. The summed E-state index contributed by atoms with van der Waals surface area (Å²) in [6, 6.07) is 12.6. The van der Waals surface area contributed by atoms with Crippen LogP contribution in [0.3, 0.4) is 0 Å². The molecule has 10 heteroatoms. The van der Waals surface area contributed by atoms with Crippen LogP contribution in [0.15, 0.2) is 58.3 Å². The standard InChI is InChI=1S/C20H22N4O3S3/c25-19(15-4-2-1-3-5-15)22-14-17-6-7-18(29-17)30(26,27)24-11-8-16(9-12-24)23-20-21-10-13-28-20/h1-7,10,13,16H,8-9,11-12,14H2,(H,21,23)(H,22,25). The highest BCUT2D eigenvalue weighted by Gasteiger charge is 2.30. The maximum Gasteiger partial charge on any atom is 0.252 e. The van der Waals surface area contributed by atoms with Gasteiger partial charge >= 0.3 is 0 Å². The van der Waals surface area contributed by atoms with Gasteiger partial charge in [-0.05, 0) is 37.1 Å². The predicted molar refractivity (Wildman–Crippen MR) is 119 cm³/mol.